The fourth-order valence-corrected chi connectivity index (χ4v) is 9.60. The van der Waals surface area contributed by atoms with Crippen LogP contribution in [-0.4, -0.2) is 0 Å². The van der Waals surface area contributed by atoms with E-state index in [9.17, 15) is 0 Å². The average molecular weight is 738 g/mol. The van der Waals surface area contributed by atoms with Crippen LogP contribution in [-0.2, 0) is 5.41 Å². The van der Waals surface area contributed by atoms with E-state index in [1.165, 1.54) is 77.2 Å². The number of anilines is 3. The number of hydrogen-bond acceptors (Lipinski definition) is 1. The van der Waals surface area contributed by atoms with Crippen LogP contribution in [0.4, 0.5) is 17.1 Å². The van der Waals surface area contributed by atoms with Crippen LogP contribution in [0.3, 0.4) is 0 Å². The van der Waals surface area contributed by atoms with Crippen molar-refractivity contribution in [2.24, 2.45) is 0 Å². The lowest BCUT2D eigenvalue weighted by Gasteiger charge is -2.34. The second-order valence-corrected chi connectivity index (χ2v) is 15.2. The molecular formula is C57H39N. The van der Waals surface area contributed by atoms with Gasteiger partial charge in [-0.05, 0) is 108 Å². The van der Waals surface area contributed by atoms with Crippen molar-refractivity contribution in [3.63, 3.8) is 0 Å². The van der Waals surface area contributed by atoms with E-state index >= 15 is 0 Å². The number of fused-ring (bicyclic) bond motifs is 6. The summed E-state index contributed by atoms with van der Waals surface area (Å²) in [6.45, 7) is 0. The molecule has 272 valence electrons. The summed E-state index contributed by atoms with van der Waals surface area (Å²) >= 11 is 0. The molecular weight excluding hydrogens is 699 g/mol. The highest BCUT2D eigenvalue weighted by Crippen LogP contribution is 2.59. The topological polar surface area (TPSA) is 3.24 Å². The first-order valence-corrected chi connectivity index (χ1v) is 20.1. The molecule has 0 aliphatic heterocycles. The van der Waals surface area contributed by atoms with Gasteiger partial charge >= 0.3 is 0 Å². The van der Waals surface area contributed by atoms with E-state index in [1.807, 2.05) is 0 Å². The Labute approximate surface area is 339 Å². The SMILES string of the molecule is c1ccc(-c2ccc(N(c3ccc(-c4cc5ccccc5c5ccccc45)cc3)c3cccc4c3-c3ccccc3C4(c3ccccc3)c3ccccc3)cc2)cc1. The Hall–Kier alpha value is -7.48. The van der Waals surface area contributed by atoms with Gasteiger partial charge in [-0.1, -0.05) is 200 Å². The van der Waals surface area contributed by atoms with Gasteiger partial charge in [-0.2, -0.15) is 0 Å². The largest absolute Gasteiger partial charge is 0.310 e. The summed E-state index contributed by atoms with van der Waals surface area (Å²) < 4.78 is 0. The van der Waals surface area contributed by atoms with Crippen molar-refractivity contribution < 1.29 is 0 Å². The summed E-state index contributed by atoms with van der Waals surface area (Å²) in [4.78, 5) is 2.46. The van der Waals surface area contributed by atoms with Gasteiger partial charge in [0.05, 0.1) is 11.1 Å². The molecule has 1 heteroatoms. The average Bonchev–Trinajstić information content (AvgIpc) is 3.62. The van der Waals surface area contributed by atoms with Crippen molar-refractivity contribution >= 4 is 38.6 Å². The molecule has 0 amide bonds. The molecule has 0 radical (unpaired) electrons. The molecule has 0 heterocycles. The fraction of sp³-hybridized carbons (Fsp3) is 0.0175. The van der Waals surface area contributed by atoms with Gasteiger partial charge in [0.1, 0.15) is 0 Å². The number of rotatable bonds is 7. The Morgan fingerprint density at radius 3 is 1.48 bits per heavy atom. The van der Waals surface area contributed by atoms with Gasteiger partial charge < -0.3 is 4.90 Å². The molecule has 1 aliphatic rings. The molecule has 11 rings (SSSR count). The van der Waals surface area contributed by atoms with Crippen LogP contribution in [0, 0.1) is 0 Å². The van der Waals surface area contributed by atoms with Crippen molar-refractivity contribution in [1.82, 2.24) is 0 Å². The zero-order valence-electron chi connectivity index (χ0n) is 32.0. The molecule has 10 aromatic rings. The predicted molar refractivity (Wildman–Crippen MR) is 244 cm³/mol. The molecule has 0 bridgehead atoms. The standard InChI is InChI=1S/C57H39N/c1-4-17-40(18-5-1)41-31-35-46(36-32-41)58(47-37-33-42(34-38-47)52-39-43-19-10-11-24-48(43)49-25-12-13-26-50(49)52)55-30-16-29-54-56(55)51-27-14-15-28-53(51)57(54,44-20-6-2-7-21-44)45-22-8-3-9-23-45/h1-39H. The van der Waals surface area contributed by atoms with Crippen LogP contribution < -0.4 is 4.90 Å². The highest BCUT2D eigenvalue weighted by Gasteiger charge is 2.47. The maximum absolute atomic E-state index is 2.46. The van der Waals surface area contributed by atoms with Crippen molar-refractivity contribution in [3.8, 4) is 33.4 Å². The molecule has 0 aromatic heterocycles. The van der Waals surface area contributed by atoms with Crippen LogP contribution in [0.25, 0.3) is 54.9 Å². The summed E-state index contributed by atoms with van der Waals surface area (Å²) in [6.07, 6.45) is 0. The van der Waals surface area contributed by atoms with Gasteiger partial charge in [0.2, 0.25) is 0 Å². The van der Waals surface area contributed by atoms with Gasteiger partial charge in [-0.3, -0.25) is 0 Å². The molecule has 0 atom stereocenters. The lowest BCUT2D eigenvalue weighted by atomic mass is 9.68. The van der Waals surface area contributed by atoms with E-state index in [0.29, 0.717) is 0 Å². The summed E-state index contributed by atoms with van der Waals surface area (Å²) in [5.74, 6) is 0. The highest BCUT2D eigenvalue weighted by molar-refractivity contribution is 6.13. The Kier molecular flexibility index (Phi) is 8.12. The third-order valence-electron chi connectivity index (χ3n) is 12.1. The first kappa shape index (κ1) is 33.8. The summed E-state index contributed by atoms with van der Waals surface area (Å²) in [6, 6.07) is 86.7. The van der Waals surface area contributed by atoms with Gasteiger partial charge in [-0.15, -0.1) is 0 Å². The van der Waals surface area contributed by atoms with E-state index in [0.717, 1.165) is 17.1 Å². The van der Waals surface area contributed by atoms with Crippen LogP contribution in [0.5, 0.6) is 0 Å². The molecule has 0 unspecified atom stereocenters. The molecule has 1 nitrogen and oxygen atoms in total. The zero-order chi connectivity index (χ0) is 38.5. The minimum atomic E-state index is -0.492. The molecule has 0 fully saturated rings. The fourth-order valence-electron chi connectivity index (χ4n) is 9.60. The van der Waals surface area contributed by atoms with Crippen molar-refractivity contribution in [3.05, 3.63) is 259 Å². The van der Waals surface area contributed by atoms with Crippen molar-refractivity contribution in [1.29, 1.82) is 0 Å². The lowest BCUT2D eigenvalue weighted by Crippen LogP contribution is -2.28. The third kappa shape index (κ3) is 5.32. The predicted octanol–water partition coefficient (Wildman–Crippen LogP) is 15.2. The molecule has 0 N–H and O–H groups in total. The second kappa shape index (κ2) is 13.9. The molecule has 10 aromatic carbocycles. The first-order chi connectivity index (χ1) is 28.8. The van der Waals surface area contributed by atoms with E-state index in [-0.39, 0.29) is 0 Å². The van der Waals surface area contributed by atoms with Crippen LogP contribution in [0.2, 0.25) is 0 Å². The number of benzene rings is 10. The molecule has 0 saturated heterocycles. The maximum Gasteiger partial charge on any atom is 0.0714 e. The Morgan fingerprint density at radius 1 is 0.310 bits per heavy atom. The van der Waals surface area contributed by atoms with Gasteiger partial charge in [0, 0.05) is 16.9 Å². The molecule has 0 saturated carbocycles. The van der Waals surface area contributed by atoms with Crippen LogP contribution >= 0.6 is 0 Å². The first-order valence-electron chi connectivity index (χ1n) is 20.1. The maximum atomic E-state index is 2.46. The minimum Gasteiger partial charge on any atom is -0.310 e. The van der Waals surface area contributed by atoms with Crippen LogP contribution in [0.1, 0.15) is 22.3 Å². The van der Waals surface area contributed by atoms with E-state index in [1.54, 1.807) is 0 Å². The number of nitrogens with zero attached hydrogens (tertiary/aromatic N) is 1. The third-order valence-corrected chi connectivity index (χ3v) is 12.1. The molecule has 0 spiro atoms. The highest BCUT2D eigenvalue weighted by atomic mass is 15.1. The Bertz CT molecular complexity index is 3040. The van der Waals surface area contributed by atoms with Crippen LogP contribution in [0.15, 0.2) is 237 Å². The normalized spacial score (nSPS) is 12.6. The minimum absolute atomic E-state index is 0.492. The molecule has 58 heavy (non-hydrogen) atoms. The Morgan fingerprint density at radius 2 is 0.810 bits per heavy atom. The zero-order valence-corrected chi connectivity index (χ0v) is 32.0. The quantitative estimate of drug-likeness (QED) is 0.147. The monoisotopic (exact) mass is 737 g/mol. The van der Waals surface area contributed by atoms with E-state index in [4.69, 9.17) is 0 Å². The summed E-state index contributed by atoms with van der Waals surface area (Å²) in [5.41, 5.74) is 15.3. The van der Waals surface area contributed by atoms with E-state index in [2.05, 4.69) is 241 Å². The molecule has 1 aliphatic carbocycles. The summed E-state index contributed by atoms with van der Waals surface area (Å²) in [7, 11) is 0. The Balaban J connectivity index is 1.14. The summed E-state index contributed by atoms with van der Waals surface area (Å²) in [5, 5.41) is 5.07. The van der Waals surface area contributed by atoms with E-state index < -0.39 is 5.41 Å². The second-order valence-electron chi connectivity index (χ2n) is 15.2. The van der Waals surface area contributed by atoms with Crippen molar-refractivity contribution in [2.75, 3.05) is 4.90 Å². The number of hydrogen-bond donors (Lipinski definition) is 0. The van der Waals surface area contributed by atoms with Gasteiger partial charge in [0.15, 0.2) is 0 Å². The van der Waals surface area contributed by atoms with Crippen molar-refractivity contribution in [2.45, 2.75) is 5.41 Å². The van der Waals surface area contributed by atoms with Gasteiger partial charge in [-0.25, -0.2) is 0 Å². The smallest absolute Gasteiger partial charge is 0.0714 e. The van der Waals surface area contributed by atoms with Gasteiger partial charge in [0.25, 0.3) is 0 Å². The lowest BCUT2D eigenvalue weighted by molar-refractivity contribution is 0.768.